The Balaban J connectivity index is 0.000000224. The summed E-state index contributed by atoms with van der Waals surface area (Å²) in [6.07, 6.45) is 13.3. The number of H-pyrrole nitrogens is 2. The summed E-state index contributed by atoms with van der Waals surface area (Å²) in [6, 6.07) is 16.4. The Labute approximate surface area is 214 Å². The maximum absolute atomic E-state index is 4.63. The van der Waals surface area contributed by atoms with Crippen molar-refractivity contribution in [2.75, 3.05) is 0 Å². The van der Waals surface area contributed by atoms with Crippen molar-refractivity contribution >= 4 is 46.4 Å². The molecule has 0 aliphatic carbocycles. The number of fused-ring (bicyclic) bond motifs is 8. The molecule has 0 spiro atoms. The first-order valence-corrected chi connectivity index (χ1v) is 11.2. The molecule has 2 aliphatic heterocycles. The first-order chi connectivity index (χ1) is 16.4. The van der Waals surface area contributed by atoms with E-state index in [1.807, 2.05) is 48.6 Å². The fourth-order valence-corrected chi connectivity index (χ4v) is 3.63. The van der Waals surface area contributed by atoms with E-state index in [0.29, 0.717) is 0 Å². The third-order valence-electron chi connectivity index (χ3n) is 5.37. The van der Waals surface area contributed by atoms with E-state index in [9.17, 15) is 0 Å². The molecular formula is C28H26CuN6. The number of aromatic nitrogens is 6. The molecule has 0 fully saturated rings. The Bertz CT molecular complexity index is 1360. The molecule has 0 unspecified atom stereocenters. The van der Waals surface area contributed by atoms with Gasteiger partial charge in [-0.2, -0.15) is 0 Å². The fourth-order valence-electron chi connectivity index (χ4n) is 3.63. The standard InChI is InChI=1S/C20H14N4.C8H12N2.Cu/c1-2-14-10-16-5-6-18(23-16)12-20-8-7-19(24-20)11-17-4-3-15(22-17)9-13(1)21-14;1-8(2,3)7-6-9-4-5-10-7;/h1-12,21,24H;4-6H,1-3H3;. The number of hydrogen-bond acceptors (Lipinski definition) is 4. The summed E-state index contributed by atoms with van der Waals surface area (Å²) < 4.78 is 0. The zero-order valence-electron chi connectivity index (χ0n) is 19.8. The summed E-state index contributed by atoms with van der Waals surface area (Å²) in [4.78, 5) is 24.2. The molecule has 6 nitrogen and oxygen atoms in total. The van der Waals surface area contributed by atoms with Crippen LogP contribution in [-0.2, 0) is 22.5 Å². The average Bonchev–Trinajstić information content (AvgIpc) is 3.60. The molecule has 6 rings (SSSR count). The number of nitrogens with zero attached hydrogens (tertiary/aromatic N) is 4. The van der Waals surface area contributed by atoms with Gasteiger partial charge in [0.05, 0.1) is 28.5 Å². The Morgan fingerprint density at radius 2 is 1.00 bits per heavy atom. The number of aromatic amines is 2. The number of nitrogens with one attached hydrogen (secondary N) is 2. The Morgan fingerprint density at radius 3 is 1.29 bits per heavy atom. The van der Waals surface area contributed by atoms with Crippen LogP contribution < -0.4 is 0 Å². The van der Waals surface area contributed by atoms with Crippen LogP contribution in [-0.4, -0.2) is 29.9 Å². The molecule has 0 saturated heterocycles. The summed E-state index contributed by atoms with van der Waals surface area (Å²) in [5.41, 5.74) is 9.02. The summed E-state index contributed by atoms with van der Waals surface area (Å²) in [7, 11) is 0. The molecule has 2 aliphatic rings. The average molecular weight is 510 g/mol. The third-order valence-corrected chi connectivity index (χ3v) is 5.37. The molecule has 0 saturated carbocycles. The van der Waals surface area contributed by atoms with Crippen molar-refractivity contribution in [2.45, 2.75) is 26.2 Å². The van der Waals surface area contributed by atoms with Gasteiger partial charge in [0.1, 0.15) is 0 Å². The summed E-state index contributed by atoms with van der Waals surface area (Å²) >= 11 is 0. The molecule has 2 N–H and O–H groups in total. The minimum Gasteiger partial charge on any atom is -0.355 e. The first kappa shape index (κ1) is 24.3. The van der Waals surface area contributed by atoms with Crippen LogP contribution in [0.15, 0.2) is 67.1 Å². The summed E-state index contributed by atoms with van der Waals surface area (Å²) in [6.45, 7) is 6.37. The Hall–Kier alpha value is -3.80. The maximum atomic E-state index is 4.63. The molecule has 0 aromatic carbocycles. The molecule has 1 radical (unpaired) electrons. The summed E-state index contributed by atoms with van der Waals surface area (Å²) in [5.74, 6) is 0. The molecule has 7 heteroatoms. The molecule has 179 valence electrons. The predicted molar refractivity (Wildman–Crippen MR) is 140 cm³/mol. The van der Waals surface area contributed by atoms with E-state index in [-0.39, 0.29) is 22.5 Å². The van der Waals surface area contributed by atoms with Gasteiger partial charge < -0.3 is 9.97 Å². The fraction of sp³-hybridized carbons (Fsp3) is 0.143. The van der Waals surface area contributed by atoms with E-state index < -0.39 is 0 Å². The van der Waals surface area contributed by atoms with Gasteiger partial charge in [0, 0.05) is 63.1 Å². The molecule has 4 aromatic rings. The van der Waals surface area contributed by atoms with Crippen molar-refractivity contribution in [1.29, 1.82) is 0 Å². The van der Waals surface area contributed by atoms with Crippen molar-refractivity contribution in [3.05, 3.63) is 95.6 Å². The largest absolute Gasteiger partial charge is 0.355 e. The van der Waals surface area contributed by atoms with Crippen molar-refractivity contribution in [3.8, 4) is 0 Å². The third kappa shape index (κ3) is 6.21. The van der Waals surface area contributed by atoms with E-state index in [0.717, 1.165) is 50.5 Å². The molecule has 6 heterocycles. The van der Waals surface area contributed by atoms with E-state index in [1.165, 1.54) is 0 Å². The van der Waals surface area contributed by atoms with Crippen LogP contribution in [0.25, 0.3) is 46.4 Å². The smallest absolute Gasteiger partial charge is 0.0658 e. The van der Waals surface area contributed by atoms with Gasteiger partial charge in [-0.25, -0.2) is 9.97 Å². The summed E-state index contributed by atoms with van der Waals surface area (Å²) in [5, 5.41) is 0. The van der Waals surface area contributed by atoms with Gasteiger partial charge in [-0.15, -0.1) is 0 Å². The monoisotopic (exact) mass is 509 g/mol. The predicted octanol–water partition coefficient (Wildman–Crippen LogP) is 6.43. The van der Waals surface area contributed by atoms with Crippen LogP contribution in [0.3, 0.4) is 0 Å². The van der Waals surface area contributed by atoms with Crippen LogP contribution in [0, 0.1) is 0 Å². The Morgan fingerprint density at radius 1 is 0.600 bits per heavy atom. The van der Waals surface area contributed by atoms with Crippen LogP contribution >= 0.6 is 0 Å². The maximum Gasteiger partial charge on any atom is 0.0658 e. The van der Waals surface area contributed by atoms with Gasteiger partial charge in [0.25, 0.3) is 0 Å². The van der Waals surface area contributed by atoms with E-state index in [4.69, 9.17) is 0 Å². The first-order valence-electron chi connectivity index (χ1n) is 11.2. The molecule has 4 aromatic heterocycles. The number of hydrogen-bond donors (Lipinski definition) is 2. The quantitative estimate of drug-likeness (QED) is 0.231. The van der Waals surface area contributed by atoms with Crippen LogP contribution in [0.5, 0.6) is 0 Å². The normalized spacial score (nSPS) is 12.0. The minimum atomic E-state index is 0. The van der Waals surface area contributed by atoms with Crippen molar-refractivity contribution in [2.24, 2.45) is 0 Å². The zero-order chi connectivity index (χ0) is 23.5. The Kier molecular flexibility index (Phi) is 7.10. The second kappa shape index (κ2) is 10.2. The van der Waals surface area contributed by atoms with Gasteiger partial charge in [0.2, 0.25) is 0 Å². The van der Waals surface area contributed by atoms with E-state index in [1.54, 1.807) is 18.6 Å². The number of rotatable bonds is 0. The molecule has 35 heavy (non-hydrogen) atoms. The second-order valence-corrected chi connectivity index (χ2v) is 9.25. The molecule has 8 bridgehead atoms. The van der Waals surface area contributed by atoms with Gasteiger partial charge in [-0.3, -0.25) is 9.97 Å². The van der Waals surface area contributed by atoms with Gasteiger partial charge >= 0.3 is 0 Å². The van der Waals surface area contributed by atoms with Crippen molar-refractivity contribution in [1.82, 2.24) is 29.9 Å². The minimum absolute atomic E-state index is 0. The van der Waals surface area contributed by atoms with Gasteiger partial charge in [-0.1, -0.05) is 20.8 Å². The molecule has 0 atom stereocenters. The SMILES string of the molecule is C1=Cc2cc3ccc(cc4nc(cc5ccc(cc1n2)[nH]5)C=C4)[nH]3.CC(C)(C)c1cnccn1.[Cu]. The van der Waals surface area contributed by atoms with Gasteiger partial charge in [0.15, 0.2) is 0 Å². The van der Waals surface area contributed by atoms with E-state index >= 15 is 0 Å². The van der Waals surface area contributed by atoms with Crippen LogP contribution in [0.4, 0.5) is 0 Å². The van der Waals surface area contributed by atoms with Crippen molar-refractivity contribution < 1.29 is 17.1 Å². The van der Waals surface area contributed by atoms with Crippen molar-refractivity contribution in [3.63, 3.8) is 0 Å². The van der Waals surface area contributed by atoms with Crippen LogP contribution in [0.1, 0.15) is 49.2 Å². The van der Waals surface area contributed by atoms with Gasteiger partial charge in [-0.05, 0) is 72.8 Å². The zero-order valence-corrected chi connectivity index (χ0v) is 20.7. The second-order valence-electron chi connectivity index (χ2n) is 9.25. The topological polar surface area (TPSA) is 83.1 Å². The van der Waals surface area contributed by atoms with Crippen LogP contribution in [0.2, 0.25) is 0 Å². The van der Waals surface area contributed by atoms with E-state index in [2.05, 4.69) is 74.9 Å². The molecule has 0 amide bonds. The molecular weight excluding hydrogens is 484 g/mol.